The van der Waals surface area contributed by atoms with Crippen LogP contribution in [-0.2, 0) is 14.9 Å². The number of carboxylic acid groups (broad SMARTS) is 1. The zero-order valence-electron chi connectivity index (χ0n) is 12.0. The monoisotopic (exact) mass is 332 g/mol. The van der Waals surface area contributed by atoms with Gasteiger partial charge in [0.15, 0.2) is 5.82 Å². The molecule has 0 aliphatic carbocycles. The molecule has 2 N–H and O–H groups in total. The second-order valence-corrected chi connectivity index (χ2v) is 6.72. The van der Waals surface area contributed by atoms with E-state index >= 15 is 0 Å². The molecule has 1 heterocycles. The Bertz CT molecular complexity index is 664. The van der Waals surface area contributed by atoms with Crippen LogP contribution in [0.3, 0.4) is 0 Å². The fourth-order valence-corrected chi connectivity index (χ4v) is 3.68. The third-order valence-electron chi connectivity index (χ3n) is 3.46. The Hall–Kier alpha value is -1.71. The van der Waals surface area contributed by atoms with E-state index in [9.17, 15) is 17.6 Å². The first-order valence-electron chi connectivity index (χ1n) is 6.63. The Balaban J connectivity index is 2.16. The lowest BCUT2D eigenvalue weighted by molar-refractivity contribution is 0.0692. The third kappa shape index (κ3) is 3.54. The van der Waals surface area contributed by atoms with Crippen molar-refractivity contribution in [2.45, 2.75) is 6.42 Å². The number of methoxy groups -OCH3 is 1. The second-order valence-electron chi connectivity index (χ2n) is 5.05. The average molecular weight is 332 g/mol. The summed E-state index contributed by atoms with van der Waals surface area (Å²) in [7, 11) is -2.39. The molecule has 0 saturated carbocycles. The largest absolute Gasteiger partial charge is 0.478 e. The lowest BCUT2D eigenvalue weighted by atomic mass is 10.1. The van der Waals surface area contributed by atoms with E-state index in [0.29, 0.717) is 19.6 Å². The molecule has 2 rings (SSSR count). The van der Waals surface area contributed by atoms with Gasteiger partial charge < -0.3 is 9.84 Å². The van der Waals surface area contributed by atoms with Gasteiger partial charge in [-0.05, 0) is 24.5 Å². The minimum atomic E-state index is -3.93. The normalized spacial score (nSPS) is 19.3. The van der Waals surface area contributed by atoms with Gasteiger partial charge in [-0.2, -0.15) is 12.7 Å². The number of benzene rings is 1. The molecule has 0 aromatic heterocycles. The first-order valence-corrected chi connectivity index (χ1v) is 8.07. The van der Waals surface area contributed by atoms with Crippen LogP contribution in [0.1, 0.15) is 16.8 Å². The molecule has 0 radical (unpaired) electrons. The van der Waals surface area contributed by atoms with Gasteiger partial charge in [0, 0.05) is 20.2 Å². The van der Waals surface area contributed by atoms with Crippen molar-refractivity contribution in [1.82, 2.24) is 4.31 Å². The predicted octanol–water partition coefficient (Wildman–Crippen LogP) is 1.15. The van der Waals surface area contributed by atoms with E-state index in [0.717, 1.165) is 6.07 Å². The maximum atomic E-state index is 14.0. The van der Waals surface area contributed by atoms with Crippen LogP contribution in [0.4, 0.5) is 10.1 Å². The van der Waals surface area contributed by atoms with Crippen molar-refractivity contribution in [2.24, 2.45) is 5.92 Å². The average Bonchev–Trinajstić information content (AvgIpc) is 2.90. The molecule has 22 heavy (non-hydrogen) atoms. The van der Waals surface area contributed by atoms with E-state index in [-0.39, 0.29) is 18.2 Å². The molecular weight excluding hydrogens is 315 g/mol. The Labute approximate surface area is 127 Å². The number of halogens is 1. The van der Waals surface area contributed by atoms with Crippen molar-refractivity contribution in [3.8, 4) is 0 Å². The molecule has 1 saturated heterocycles. The molecule has 0 spiro atoms. The van der Waals surface area contributed by atoms with Crippen LogP contribution in [-0.4, -0.2) is 50.6 Å². The van der Waals surface area contributed by atoms with Crippen LogP contribution >= 0.6 is 0 Å². The highest BCUT2D eigenvalue weighted by Crippen LogP contribution is 2.24. The van der Waals surface area contributed by atoms with Crippen molar-refractivity contribution in [2.75, 3.05) is 31.5 Å². The first-order chi connectivity index (χ1) is 10.3. The fourth-order valence-electron chi connectivity index (χ4n) is 2.37. The summed E-state index contributed by atoms with van der Waals surface area (Å²) >= 11 is 0. The summed E-state index contributed by atoms with van der Waals surface area (Å²) in [6.45, 7) is 1.04. The Kier molecular flexibility index (Phi) is 4.99. The Morgan fingerprint density at radius 1 is 1.55 bits per heavy atom. The van der Waals surface area contributed by atoms with E-state index in [4.69, 9.17) is 9.84 Å². The quantitative estimate of drug-likeness (QED) is 0.815. The molecule has 1 unspecified atom stereocenters. The van der Waals surface area contributed by atoms with E-state index in [2.05, 4.69) is 4.72 Å². The highest BCUT2D eigenvalue weighted by atomic mass is 32.2. The van der Waals surface area contributed by atoms with Crippen LogP contribution in [0.15, 0.2) is 18.2 Å². The van der Waals surface area contributed by atoms with Crippen LogP contribution in [0.25, 0.3) is 0 Å². The van der Waals surface area contributed by atoms with Crippen LogP contribution in [0, 0.1) is 11.7 Å². The fraction of sp³-hybridized carbons (Fsp3) is 0.462. The minimum absolute atomic E-state index is 0.0942. The highest BCUT2D eigenvalue weighted by molar-refractivity contribution is 7.90. The molecule has 1 atom stereocenters. The number of hydrogen-bond acceptors (Lipinski definition) is 4. The van der Waals surface area contributed by atoms with Gasteiger partial charge in [0.1, 0.15) is 0 Å². The molecule has 1 fully saturated rings. The van der Waals surface area contributed by atoms with Gasteiger partial charge >= 0.3 is 16.2 Å². The molecular formula is C13H17FN2O5S. The summed E-state index contributed by atoms with van der Waals surface area (Å²) in [4.78, 5) is 10.9. The topological polar surface area (TPSA) is 95.9 Å². The van der Waals surface area contributed by atoms with Gasteiger partial charge in [-0.25, -0.2) is 9.18 Å². The smallest absolute Gasteiger partial charge is 0.338 e. The standard InChI is InChI=1S/C13H17FN2O5S/c1-21-8-9-5-6-16(7-9)22(19,20)15-11-4-2-3-10(12(11)14)13(17)18/h2-4,9,15H,5-8H2,1H3,(H,17,18). The molecule has 9 heteroatoms. The highest BCUT2D eigenvalue weighted by Gasteiger charge is 2.32. The molecule has 7 nitrogen and oxygen atoms in total. The van der Waals surface area contributed by atoms with Crippen molar-refractivity contribution in [3.63, 3.8) is 0 Å². The van der Waals surface area contributed by atoms with Crippen molar-refractivity contribution < 1.29 is 27.4 Å². The lowest BCUT2D eigenvalue weighted by Crippen LogP contribution is -2.34. The van der Waals surface area contributed by atoms with E-state index in [1.165, 1.54) is 16.4 Å². The summed E-state index contributed by atoms with van der Waals surface area (Å²) in [6.07, 6.45) is 0.659. The minimum Gasteiger partial charge on any atom is -0.478 e. The van der Waals surface area contributed by atoms with E-state index < -0.39 is 27.6 Å². The van der Waals surface area contributed by atoms with Gasteiger partial charge in [-0.15, -0.1) is 0 Å². The van der Waals surface area contributed by atoms with Gasteiger partial charge in [0.2, 0.25) is 0 Å². The molecule has 1 aromatic carbocycles. The predicted molar refractivity (Wildman–Crippen MR) is 77.5 cm³/mol. The zero-order valence-corrected chi connectivity index (χ0v) is 12.8. The molecule has 0 amide bonds. The number of nitrogens with zero attached hydrogens (tertiary/aromatic N) is 1. The summed E-state index contributed by atoms with van der Waals surface area (Å²) in [5, 5.41) is 8.85. The van der Waals surface area contributed by atoms with Gasteiger partial charge in [-0.3, -0.25) is 4.72 Å². The van der Waals surface area contributed by atoms with Gasteiger partial charge in [0.25, 0.3) is 0 Å². The second kappa shape index (κ2) is 6.59. The lowest BCUT2D eigenvalue weighted by Gasteiger charge is -2.18. The van der Waals surface area contributed by atoms with Crippen molar-refractivity contribution in [1.29, 1.82) is 0 Å². The number of aromatic carboxylic acids is 1. The summed E-state index contributed by atoms with van der Waals surface area (Å²) in [6, 6.07) is 3.53. The van der Waals surface area contributed by atoms with Gasteiger partial charge in [-0.1, -0.05) is 6.07 Å². The number of carboxylic acids is 1. The van der Waals surface area contributed by atoms with Gasteiger partial charge in [0.05, 0.1) is 17.9 Å². The number of rotatable bonds is 6. The molecule has 122 valence electrons. The molecule has 1 aliphatic heterocycles. The number of ether oxygens (including phenoxy) is 1. The van der Waals surface area contributed by atoms with Crippen LogP contribution in [0.2, 0.25) is 0 Å². The first kappa shape index (κ1) is 16.7. The van der Waals surface area contributed by atoms with Crippen molar-refractivity contribution in [3.05, 3.63) is 29.6 Å². The molecule has 0 bridgehead atoms. The number of hydrogen-bond donors (Lipinski definition) is 2. The Morgan fingerprint density at radius 2 is 2.27 bits per heavy atom. The Morgan fingerprint density at radius 3 is 2.91 bits per heavy atom. The van der Waals surface area contributed by atoms with Crippen LogP contribution in [0.5, 0.6) is 0 Å². The molecule has 1 aliphatic rings. The zero-order chi connectivity index (χ0) is 16.3. The summed E-state index contributed by atoms with van der Waals surface area (Å²) in [5.74, 6) is -2.47. The van der Waals surface area contributed by atoms with Crippen molar-refractivity contribution >= 4 is 21.9 Å². The summed E-state index contributed by atoms with van der Waals surface area (Å²) in [5.41, 5.74) is -0.964. The number of carbonyl (C=O) groups is 1. The van der Waals surface area contributed by atoms with Crippen LogP contribution < -0.4 is 4.72 Å². The maximum Gasteiger partial charge on any atom is 0.338 e. The maximum absolute atomic E-state index is 14.0. The van der Waals surface area contributed by atoms with E-state index in [1.807, 2.05) is 0 Å². The molecule has 1 aromatic rings. The number of nitrogens with one attached hydrogen (secondary N) is 1. The number of anilines is 1. The van der Waals surface area contributed by atoms with E-state index in [1.54, 1.807) is 7.11 Å². The summed E-state index contributed by atoms with van der Waals surface area (Å²) < 4.78 is 46.8. The SMILES string of the molecule is COCC1CCN(S(=O)(=O)Nc2cccc(C(=O)O)c2F)C1. The third-order valence-corrected chi connectivity index (χ3v) is 4.95.